The van der Waals surface area contributed by atoms with Gasteiger partial charge in [0.2, 0.25) is 0 Å². The molecule has 0 saturated heterocycles. The Labute approximate surface area is 135 Å². The third-order valence-corrected chi connectivity index (χ3v) is 4.66. The lowest BCUT2D eigenvalue weighted by atomic mass is 10.0. The molecule has 1 unspecified atom stereocenters. The lowest BCUT2D eigenvalue weighted by Crippen LogP contribution is -2.26. The fourth-order valence-corrected chi connectivity index (χ4v) is 3.70. The highest BCUT2D eigenvalue weighted by molar-refractivity contribution is 7.10. The average Bonchev–Trinajstić information content (AvgIpc) is 3.03. The van der Waals surface area contributed by atoms with Gasteiger partial charge in [-0.1, -0.05) is 18.2 Å². The van der Waals surface area contributed by atoms with Crippen molar-refractivity contribution in [3.63, 3.8) is 0 Å². The first-order chi connectivity index (χ1) is 10.8. The van der Waals surface area contributed by atoms with Crippen LogP contribution in [0.5, 0.6) is 5.75 Å². The van der Waals surface area contributed by atoms with Gasteiger partial charge in [0, 0.05) is 16.6 Å². The van der Waals surface area contributed by atoms with Gasteiger partial charge >= 0.3 is 0 Å². The topological polar surface area (TPSA) is 21.7 Å². The summed E-state index contributed by atoms with van der Waals surface area (Å²) < 4.78 is 11.4. The van der Waals surface area contributed by atoms with Crippen molar-refractivity contribution in [1.82, 2.24) is 0 Å². The van der Waals surface area contributed by atoms with E-state index in [9.17, 15) is 0 Å². The fraction of sp³-hybridized carbons (Fsp3) is 0.222. The molecule has 0 amide bonds. The molecule has 0 saturated carbocycles. The molecule has 2 heterocycles. The second-order valence-electron chi connectivity index (χ2n) is 4.88. The number of hydrogen-bond donors (Lipinski definition) is 0. The Balaban J connectivity index is 2.12. The first-order valence-electron chi connectivity index (χ1n) is 7.26. The number of methoxy groups -OCH3 is 1. The highest BCUT2D eigenvalue weighted by atomic mass is 32.1. The number of para-hydroxylation sites is 2. The quantitative estimate of drug-likeness (QED) is 0.737. The smallest absolute Gasteiger partial charge is 0.143 e. The van der Waals surface area contributed by atoms with Gasteiger partial charge in [-0.2, -0.15) is 0 Å². The van der Waals surface area contributed by atoms with Gasteiger partial charge in [0.05, 0.1) is 25.4 Å². The van der Waals surface area contributed by atoms with Crippen LogP contribution >= 0.6 is 11.3 Å². The van der Waals surface area contributed by atoms with Gasteiger partial charge in [0.25, 0.3) is 0 Å². The number of ether oxygens (including phenoxy) is 2. The average molecular weight is 313 g/mol. The second-order valence-corrected chi connectivity index (χ2v) is 5.83. The second kappa shape index (κ2) is 6.28. The molecule has 22 heavy (non-hydrogen) atoms. The number of anilines is 1. The predicted octanol–water partition coefficient (Wildman–Crippen LogP) is 4.84. The summed E-state index contributed by atoms with van der Waals surface area (Å²) in [5.74, 6) is 1.73. The zero-order chi connectivity index (χ0) is 15.5. The summed E-state index contributed by atoms with van der Waals surface area (Å²) in [6.45, 7) is 6.64. The van der Waals surface area contributed by atoms with Crippen molar-refractivity contribution in [2.45, 2.75) is 13.0 Å². The van der Waals surface area contributed by atoms with E-state index in [1.807, 2.05) is 37.4 Å². The summed E-state index contributed by atoms with van der Waals surface area (Å²) in [7, 11) is 1.70. The first kappa shape index (κ1) is 14.7. The Morgan fingerprint density at radius 2 is 2.14 bits per heavy atom. The minimum Gasteiger partial charge on any atom is -0.495 e. The van der Waals surface area contributed by atoms with E-state index >= 15 is 0 Å². The molecule has 1 aliphatic heterocycles. The van der Waals surface area contributed by atoms with Crippen molar-refractivity contribution >= 4 is 22.8 Å². The molecular formula is C18H19NO2S. The molecule has 2 aromatic rings. The Kier molecular flexibility index (Phi) is 4.20. The summed E-state index contributed by atoms with van der Waals surface area (Å²) in [6.07, 6.45) is 3.99. The zero-order valence-corrected chi connectivity index (χ0v) is 13.6. The van der Waals surface area contributed by atoms with Gasteiger partial charge in [0.1, 0.15) is 11.5 Å². The monoisotopic (exact) mass is 313 g/mol. The molecule has 0 bridgehead atoms. The molecule has 0 spiro atoms. The van der Waals surface area contributed by atoms with Crippen LogP contribution in [0.3, 0.4) is 0 Å². The van der Waals surface area contributed by atoms with E-state index in [-0.39, 0.29) is 6.04 Å². The molecule has 4 heteroatoms. The molecule has 3 nitrogen and oxygen atoms in total. The normalized spacial score (nSPS) is 16.7. The van der Waals surface area contributed by atoms with Crippen LogP contribution in [0.25, 0.3) is 5.76 Å². The van der Waals surface area contributed by atoms with Gasteiger partial charge < -0.3 is 14.4 Å². The standard InChI is InChI=1S/C18H19NO2S/c1-4-14-18-13(10-11-22-18)17(20-3)12-19(14)15-8-6-7-9-16(15)21-5-2/h4,6-12,14H,1,5H2,2-3H3. The number of nitrogens with zero attached hydrogens (tertiary/aromatic N) is 1. The van der Waals surface area contributed by atoms with Crippen molar-refractivity contribution in [3.05, 3.63) is 65.0 Å². The van der Waals surface area contributed by atoms with Crippen LogP contribution in [0.15, 0.2) is 54.6 Å². The van der Waals surface area contributed by atoms with Crippen molar-refractivity contribution in [2.75, 3.05) is 18.6 Å². The Morgan fingerprint density at radius 3 is 2.86 bits per heavy atom. The van der Waals surface area contributed by atoms with E-state index in [0.717, 1.165) is 22.8 Å². The maximum atomic E-state index is 5.78. The molecule has 1 aromatic carbocycles. The summed E-state index contributed by atoms with van der Waals surface area (Å²) in [4.78, 5) is 3.40. The van der Waals surface area contributed by atoms with E-state index < -0.39 is 0 Å². The molecule has 0 radical (unpaired) electrons. The minimum absolute atomic E-state index is 0.0792. The molecule has 1 aliphatic rings. The van der Waals surface area contributed by atoms with Crippen LogP contribution in [0.4, 0.5) is 5.69 Å². The largest absolute Gasteiger partial charge is 0.495 e. The summed E-state index contributed by atoms with van der Waals surface area (Å²) in [5.41, 5.74) is 2.16. The SMILES string of the molecule is C=CC1c2sccc2C(OC)=CN1c1ccccc1OCC. The fourth-order valence-electron chi connectivity index (χ4n) is 2.71. The van der Waals surface area contributed by atoms with Gasteiger partial charge in [-0.15, -0.1) is 17.9 Å². The summed E-state index contributed by atoms with van der Waals surface area (Å²) >= 11 is 1.72. The molecule has 0 aliphatic carbocycles. The van der Waals surface area contributed by atoms with Crippen LogP contribution in [0, 0.1) is 0 Å². The lowest BCUT2D eigenvalue weighted by Gasteiger charge is -2.33. The molecule has 0 fully saturated rings. The summed E-state index contributed by atoms with van der Waals surface area (Å²) in [6, 6.07) is 10.2. The van der Waals surface area contributed by atoms with Gasteiger partial charge in [-0.25, -0.2) is 0 Å². The number of fused-ring (bicyclic) bond motifs is 1. The predicted molar refractivity (Wildman–Crippen MR) is 92.3 cm³/mol. The number of thiophene rings is 1. The van der Waals surface area contributed by atoms with Crippen LogP contribution < -0.4 is 9.64 Å². The highest BCUT2D eigenvalue weighted by Crippen LogP contribution is 2.43. The van der Waals surface area contributed by atoms with Gasteiger partial charge in [-0.3, -0.25) is 0 Å². The molecule has 3 rings (SSSR count). The minimum atomic E-state index is 0.0792. The Morgan fingerprint density at radius 1 is 1.32 bits per heavy atom. The van der Waals surface area contributed by atoms with Crippen LogP contribution in [-0.2, 0) is 4.74 Å². The van der Waals surface area contributed by atoms with Crippen LogP contribution in [-0.4, -0.2) is 13.7 Å². The zero-order valence-electron chi connectivity index (χ0n) is 12.8. The highest BCUT2D eigenvalue weighted by Gasteiger charge is 2.29. The van der Waals surface area contributed by atoms with Crippen LogP contribution in [0.2, 0.25) is 0 Å². The molecule has 0 N–H and O–H groups in total. The van der Waals surface area contributed by atoms with Crippen LogP contribution in [0.1, 0.15) is 23.4 Å². The van der Waals surface area contributed by atoms with Crippen molar-refractivity contribution < 1.29 is 9.47 Å². The summed E-state index contributed by atoms with van der Waals surface area (Å²) in [5, 5.41) is 2.09. The van der Waals surface area contributed by atoms with Crippen molar-refractivity contribution in [2.24, 2.45) is 0 Å². The van der Waals surface area contributed by atoms with E-state index in [1.54, 1.807) is 18.4 Å². The molecular weight excluding hydrogens is 294 g/mol. The third kappa shape index (κ3) is 2.40. The van der Waals surface area contributed by atoms with E-state index in [4.69, 9.17) is 9.47 Å². The lowest BCUT2D eigenvalue weighted by molar-refractivity contribution is 0.340. The number of rotatable bonds is 5. The van der Waals surface area contributed by atoms with E-state index in [1.165, 1.54) is 4.88 Å². The molecule has 1 aromatic heterocycles. The third-order valence-electron chi connectivity index (χ3n) is 3.67. The first-order valence-corrected chi connectivity index (χ1v) is 8.14. The number of benzene rings is 1. The maximum absolute atomic E-state index is 5.78. The van der Waals surface area contributed by atoms with E-state index in [2.05, 4.69) is 29.0 Å². The van der Waals surface area contributed by atoms with Crippen molar-refractivity contribution in [1.29, 1.82) is 0 Å². The van der Waals surface area contributed by atoms with Gasteiger partial charge in [0.15, 0.2) is 0 Å². The Bertz CT molecular complexity index is 705. The Hall–Kier alpha value is -2.20. The molecule has 114 valence electrons. The van der Waals surface area contributed by atoms with E-state index in [0.29, 0.717) is 6.61 Å². The van der Waals surface area contributed by atoms with Gasteiger partial charge in [-0.05, 0) is 30.5 Å². The number of hydrogen-bond acceptors (Lipinski definition) is 4. The molecule has 1 atom stereocenters. The van der Waals surface area contributed by atoms with Crippen molar-refractivity contribution in [3.8, 4) is 5.75 Å². The maximum Gasteiger partial charge on any atom is 0.143 e.